The van der Waals surface area contributed by atoms with E-state index in [1.807, 2.05) is 43.3 Å². The zero-order valence-electron chi connectivity index (χ0n) is 16.4. The molecule has 0 radical (unpaired) electrons. The number of benzene rings is 1. The summed E-state index contributed by atoms with van der Waals surface area (Å²) in [5, 5.41) is 13.2. The van der Waals surface area contributed by atoms with Gasteiger partial charge in [-0.3, -0.25) is 4.90 Å². The molecule has 1 fully saturated rings. The number of hydrogen-bond donors (Lipinski definition) is 1. The molecule has 1 saturated heterocycles. The molecule has 3 aromatic rings. The van der Waals surface area contributed by atoms with Crippen molar-refractivity contribution in [3.05, 3.63) is 59.6 Å². The summed E-state index contributed by atoms with van der Waals surface area (Å²) in [7, 11) is 3.89. The van der Waals surface area contributed by atoms with Gasteiger partial charge in [0.25, 0.3) is 0 Å². The molecule has 29 heavy (non-hydrogen) atoms. The highest BCUT2D eigenvalue weighted by atomic mass is 16.5. The predicted octanol–water partition coefficient (Wildman–Crippen LogP) is 3.23. The maximum atomic E-state index is 11.0. The molecule has 8 heteroatoms. The molecule has 1 aromatic carbocycles. The van der Waals surface area contributed by atoms with Crippen molar-refractivity contribution in [1.29, 1.82) is 0 Å². The molecular formula is C21H23N5O3. The highest BCUT2D eigenvalue weighted by molar-refractivity contribution is 5.87. The number of pyridine rings is 1. The van der Waals surface area contributed by atoms with Crippen molar-refractivity contribution in [2.75, 3.05) is 25.5 Å². The Morgan fingerprint density at radius 3 is 2.69 bits per heavy atom. The second kappa shape index (κ2) is 8.00. The molecule has 0 aliphatic carbocycles. The summed E-state index contributed by atoms with van der Waals surface area (Å²) >= 11 is 0. The summed E-state index contributed by atoms with van der Waals surface area (Å²) in [5.74, 6) is 1.10. The fraction of sp³-hybridized carbons (Fsp3) is 0.333. The molecule has 8 nitrogen and oxygen atoms in total. The van der Waals surface area contributed by atoms with Crippen LogP contribution >= 0.6 is 0 Å². The van der Waals surface area contributed by atoms with E-state index in [-0.39, 0.29) is 6.04 Å². The minimum absolute atomic E-state index is 0.0596. The quantitative estimate of drug-likeness (QED) is 0.682. The van der Waals surface area contributed by atoms with Gasteiger partial charge in [-0.15, -0.1) is 0 Å². The molecule has 0 amide bonds. The maximum Gasteiger partial charge on any atom is 0.335 e. The van der Waals surface area contributed by atoms with E-state index in [4.69, 9.17) is 9.63 Å². The fourth-order valence-electron chi connectivity index (χ4n) is 3.55. The number of carboxylic acids is 1. The van der Waals surface area contributed by atoms with Gasteiger partial charge >= 0.3 is 5.97 Å². The Kier molecular flexibility index (Phi) is 5.26. The number of rotatable bonds is 6. The van der Waals surface area contributed by atoms with Gasteiger partial charge in [0.1, 0.15) is 5.82 Å². The van der Waals surface area contributed by atoms with Crippen LogP contribution in [0.1, 0.15) is 40.7 Å². The minimum atomic E-state index is -0.915. The van der Waals surface area contributed by atoms with Crippen LogP contribution in [-0.4, -0.2) is 51.7 Å². The monoisotopic (exact) mass is 393 g/mol. The van der Waals surface area contributed by atoms with Crippen LogP contribution < -0.4 is 4.90 Å². The Labute approximate surface area is 168 Å². The summed E-state index contributed by atoms with van der Waals surface area (Å²) in [6, 6.07) is 10.9. The first kappa shape index (κ1) is 19.1. The van der Waals surface area contributed by atoms with Gasteiger partial charge < -0.3 is 14.5 Å². The van der Waals surface area contributed by atoms with Crippen molar-refractivity contribution < 1.29 is 14.4 Å². The average molecular weight is 393 g/mol. The van der Waals surface area contributed by atoms with E-state index < -0.39 is 5.97 Å². The lowest BCUT2D eigenvalue weighted by Crippen LogP contribution is -2.23. The van der Waals surface area contributed by atoms with Gasteiger partial charge in [0.2, 0.25) is 11.7 Å². The van der Waals surface area contributed by atoms with Crippen LogP contribution in [0.15, 0.2) is 47.1 Å². The van der Waals surface area contributed by atoms with Crippen molar-refractivity contribution in [1.82, 2.24) is 20.0 Å². The Morgan fingerprint density at radius 2 is 2.03 bits per heavy atom. The summed E-state index contributed by atoms with van der Waals surface area (Å²) in [6.45, 7) is 1.64. The molecule has 0 spiro atoms. The highest BCUT2D eigenvalue weighted by Gasteiger charge is 2.30. The van der Waals surface area contributed by atoms with Crippen LogP contribution in [-0.2, 0) is 6.54 Å². The van der Waals surface area contributed by atoms with E-state index in [1.54, 1.807) is 18.3 Å². The van der Waals surface area contributed by atoms with E-state index in [9.17, 15) is 4.79 Å². The molecule has 0 bridgehead atoms. The Balaban J connectivity index is 1.48. The van der Waals surface area contributed by atoms with E-state index in [0.717, 1.165) is 36.3 Å². The first-order valence-corrected chi connectivity index (χ1v) is 9.55. The van der Waals surface area contributed by atoms with Gasteiger partial charge in [-0.25, -0.2) is 9.78 Å². The van der Waals surface area contributed by atoms with Crippen LogP contribution in [0, 0.1) is 0 Å². The molecule has 2 aromatic heterocycles. The summed E-state index contributed by atoms with van der Waals surface area (Å²) in [4.78, 5) is 24.3. The number of aromatic carboxylic acids is 1. The van der Waals surface area contributed by atoms with Gasteiger partial charge in [0.15, 0.2) is 0 Å². The highest BCUT2D eigenvalue weighted by Crippen LogP contribution is 2.33. The van der Waals surface area contributed by atoms with Crippen LogP contribution in [0.3, 0.4) is 0 Å². The number of likely N-dealkylation sites (tertiary alicyclic amines) is 1. The van der Waals surface area contributed by atoms with E-state index in [0.29, 0.717) is 23.8 Å². The lowest BCUT2D eigenvalue weighted by molar-refractivity contribution is 0.0697. The van der Waals surface area contributed by atoms with Crippen LogP contribution in [0.25, 0.3) is 11.4 Å². The molecular weight excluding hydrogens is 370 g/mol. The number of hydrogen-bond acceptors (Lipinski definition) is 7. The Bertz CT molecular complexity index is 982. The van der Waals surface area contributed by atoms with Crippen molar-refractivity contribution in [2.45, 2.75) is 25.4 Å². The predicted molar refractivity (Wildman–Crippen MR) is 108 cm³/mol. The standard InChI is InChI=1S/C21H23N5O3/c1-25(2)18-10-9-16(12-22-18)19-23-20(29-24-19)17-4-3-11-26(17)13-14-5-7-15(8-6-14)21(27)28/h5-10,12,17H,3-4,11,13H2,1-2H3,(H,27,28). The van der Waals surface area contributed by atoms with Gasteiger partial charge in [0.05, 0.1) is 11.6 Å². The average Bonchev–Trinajstić information content (AvgIpc) is 3.38. The third-order valence-corrected chi connectivity index (χ3v) is 5.14. The van der Waals surface area contributed by atoms with Gasteiger partial charge in [-0.1, -0.05) is 17.3 Å². The summed E-state index contributed by atoms with van der Waals surface area (Å²) < 4.78 is 5.58. The molecule has 4 rings (SSSR count). The van der Waals surface area contributed by atoms with Crippen molar-refractivity contribution >= 4 is 11.8 Å². The SMILES string of the molecule is CN(C)c1ccc(-c2noc(C3CCCN3Cc3ccc(C(=O)O)cc3)n2)cn1. The molecule has 1 aliphatic heterocycles. The van der Waals surface area contributed by atoms with E-state index in [2.05, 4.69) is 20.0 Å². The zero-order chi connectivity index (χ0) is 20.4. The molecule has 150 valence electrons. The Hall–Kier alpha value is -3.26. The molecule has 1 aliphatic rings. The van der Waals surface area contributed by atoms with Crippen LogP contribution in [0.2, 0.25) is 0 Å². The lowest BCUT2D eigenvalue weighted by atomic mass is 10.1. The maximum absolute atomic E-state index is 11.0. The van der Waals surface area contributed by atoms with Gasteiger partial charge in [0, 0.05) is 32.4 Å². The minimum Gasteiger partial charge on any atom is -0.478 e. The third-order valence-electron chi connectivity index (χ3n) is 5.14. The second-order valence-corrected chi connectivity index (χ2v) is 7.39. The fourth-order valence-corrected chi connectivity index (χ4v) is 3.55. The summed E-state index contributed by atoms with van der Waals surface area (Å²) in [6.07, 6.45) is 3.75. The molecule has 1 atom stereocenters. The lowest BCUT2D eigenvalue weighted by Gasteiger charge is -2.21. The van der Waals surface area contributed by atoms with Crippen LogP contribution in [0.5, 0.6) is 0 Å². The molecule has 1 unspecified atom stereocenters. The topological polar surface area (TPSA) is 95.6 Å². The normalized spacial score (nSPS) is 16.8. The van der Waals surface area contributed by atoms with Crippen molar-refractivity contribution in [3.8, 4) is 11.4 Å². The first-order valence-electron chi connectivity index (χ1n) is 9.55. The number of anilines is 1. The molecule has 0 saturated carbocycles. The largest absolute Gasteiger partial charge is 0.478 e. The number of nitrogens with zero attached hydrogens (tertiary/aromatic N) is 5. The second-order valence-electron chi connectivity index (χ2n) is 7.39. The first-order chi connectivity index (χ1) is 14.0. The zero-order valence-corrected chi connectivity index (χ0v) is 16.4. The number of carbonyl (C=O) groups is 1. The molecule has 1 N–H and O–H groups in total. The van der Waals surface area contributed by atoms with Crippen molar-refractivity contribution in [2.24, 2.45) is 0 Å². The Morgan fingerprint density at radius 1 is 1.24 bits per heavy atom. The van der Waals surface area contributed by atoms with Gasteiger partial charge in [-0.2, -0.15) is 4.98 Å². The third kappa shape index (κ3) is 4.12. The molecule has 3 heterocycles. The summed E-state index contributed by atoms with van der Waals surface area (Å²) in [5.41, 5.74) is 2.17. The van der Waals surface area contributed by atoms with E-state index >= 15 is 0 Å². The van der Waals surface area contributed by atoms with Gasteiger partial charge in [-0.05, 0) is 49.2 Å². The smallest absolute Gasteiger partial charge is 0.335 e. The van der Waals surface area contributed by atoms with Crippen LogP contribution in [0.4, 0.5) is 5.82 Å². The number of aromatic nitrogens is 3. The number of carboxylic acid groups (broad SMARTS) is 1. The van der Waals surface area contributed by atoms with Crippen molar-refractivity contribution in [3.63, 3.8) is 0 Å². The van der Waals surface area contributed by atoms with E-state index in [1.165, 1.54) is 0 Å².